The van der Waals surface area contributed by atoms with Crippen LogP contribution >= 0.6 is 12.4 Å². The molecule has 2 unspecified atom stereocenters. The van der Waals surface area contributed by atoms with Crippen LogP contribution < -0.4 is 32.3 Å². The summed E-state index contributed by atoms with van der Waals surface area (Å²) < 4.78 is 8.55. The number of carbonyl (C=O) groups is 5. The van der Waals surface area contributed by atoms with Crippen LogP contribution in [0.15, 0.2) is 170 Å². The summed E-state index contributed by atoms with van der Waals surface area (Å²) in [6.45, 7) is 9.78. The van der Waals surface area contributed by atoms with E-state index in [1.54, 1.807) is 21.5 Å². The maximum Gasteiger partial charge on any atom is 0.407 e. The number of nitrogens with one attached hydrogen (secondary N) is 5. The Bertz CT molecular complexity index is 3480. The Hall–Kier alpha value is -8.86. The lowest BCUT2D eigenvalue weighted by molar-refractivity contribution is -0.123. The number of anilines is 2. The molecule has 412 valence electrons. The summed E-state index contributed by atoms with van der Waals surface area (Å²) in [5.41, 5.74) is 15.6. The van der Waals surface area contributed by atoms with E-state index in [1.165, 1.54) is 0 Å². The van der Waals surface area contributed by atoms with Gasteiger partial charge in [0.15, 0.2) is 0 Å². The molecule has 6 aromatic carbocycles. The Morgan fingerprint density at radius 1 is 0.550 bits per heavy atom. The molecule has 2 saturated carbocycles. The summed E-state index contributed by atoms with van der Waals surface area (Å²) in [7, 11) is 0. The number of hydrogen-bond donors (Lipinski definition) is 6. The van der Waals surface area contributed by atoms with Crippen molar-refractivity contribution in [2.24, 2.45) is 17.6 Å². The van der Waals surface area contributed by atoms with Crippen molar-refractivity contribution >= 4 is 53.5 Å². The third-order valence-corrected chi connectivity index (χ3v) is 13.2. The van der Waals surface area contributed by atoms with Crippen LogP contribution in [0.5, 0.6) is 0 Å². The molecule has 2 aromatic heterocycles. The molecule has 80 heavy (non-hydrogen) atoms. The largest absolute Gasteiger partial charge is 0.444 e. The predicted octanol–water partition coefficient (Wildman–Crippen LogP) is 11.0. The number of hydrogen-bond acceptors (Lipinski definition) is 9. The van der Waals surface area contributed by atoms with E-state index in [1.807, 2.05) is 192 Å². The average Bonchev–Trinajstić information content (AvgIpc) is 4.40. The minimum atomic E-state index is -0.590. The number of aromatic nitrogens is 4. The summed E-state index contributed by atoms with van der Waals surface area (Å²) in [6, 6.07) is 52.8. The second-order valence-corrected chi connectivity index (χ2v) is 21.0. The number of ether oxygens (including phenoxy) is 1. The fourth-order valence-electron chi connectivity index (χ4n) is 9.02. The van der Waals surface area contributed by atoms with Crippen LogP contribution in [0.3, 0.4) is 0 Å². The Morgan fingerprint density at radius 2 is 0.963 bits per heavy atom. The van der Waals surface area contributed by atoms with Crippen molar-refractivity contribution in [1.29, 1.82) is 0 Å². The smallest absolute Gasteiger partial charge is 0.407 e. The highest BCUT2D eigenvalue weighted by atomic mass is 35.5. The van der Waals surface area contributed by atoms with Crippen LogP contribution in [0.2, 0.25) is 0 Å². The first-order valence-corrected chi connectivity index (χ1v) is 26.6. The Labute approximate surface area is 472 Å². The molecule has 0 aliphatic heterocycles. The van der Waals surface area contributed by atoms with E-state index in [4.69, 9.17) is 10.5 Å². The van der Waals surface area contributed by atoms with Gasteiger partial charge in [0.05, 0.1) is 34.8 Å². The molecule has 2 atom stereocenters. The van der Waals surface area contributed by atoms with Gasteiger partial charge in [0, 0.05) is 36.3 Å². The first-order chi connectivity index (χ1) is 38.1. The molecule has 2 heterocycles. The molecule has 10 rings (SSSR count). The van der Waals surface area contributed by atoms with E-state index in [9.17, 15) is 24.0 Å². The second kappa shape index (κ2) is 25.7. The van der Waals surface area contributed by atoms with Crippen LogP contribution in [0, 0.1) is 25.7 Å². The summed E-state index contributed by atoms with van der Waals surface area (Å²) in [5, 5.41) is 24.3. The van der Waals surface area contributed by atoms with Gasteiger partial charge in [-0.2, -0.15) is 10.2 Å². The number of halogens is 1. The lowest BCUT2D eigenvalue weighted by atomic mass is 9.98. The van der Waals surface area contributed by atoms with Gasteiger partial charge >= 0.3 is 6.09 Å². The molecule has 0 bridgehead atoms. The third kappa shape index (κ3) is 15.2. The van der Waals surface area contributed by atoms with E-state index in [-0.39, 0.29) is 66.5 Å². The number of carbonyl (C=O) groups excluding carboxylic acids is 5. The fraction of sp³-hybridized carbons (Fsp3) is 0.254. The Kier molecular flexibility index (Phi) is 18.4. The molecule has 2 fully saturated rings. The standard InChI is InChI=1S/C34H37N5O4.C29H29N5O2.ClH/c1-22-18-29(39(38-22)28-15-8-10-23(19-28)21-35-33(42)43-34(2,3)4)32(41)36-27-14-9-13-26(20-27)30(24-11-6-5-7-12-24)37-31(40)25-16-17-25;1-19-15-26(34(33-19)25-12-5-7-20(16-25)18-30)29(36)31-24-11-6-10-23(17-24)27(21-8-3-2-4-9-21)32-28(35)22-13-14-22;/h5-15,18-20,25,30H,16-17,21H2,1-4H3,(H,35,42)(H,36,41)(H,37,40);2-12,15-17,22,27H,13-14,18,30H2,1H3,(H,31,36)(H,32,35);1H. The van der Waals surface area contributed by atoms with Gasteiger partial charge in [0.1, 0.15) is 17.0 Å². The van der Waals surface area contributed by atoms with Crippen molar-refractivity contribution in [3.63, 3.8) is 0 Å². The van der Waals surface area contributed by atoms with Gasteiger partial charge in [-0.15, -0.1) is 12.4 Å². The van der Waals surface area contributed by atoms with E-state index in [2.05, 4.69) is 36.8 Å². The highest BCUT2D eigenvalue weighted by molar-refractivity contribution is 6.04. The number of benzene rings is 6. The monoisotopic (exact) mass is 1090 g/mol. The van der Waals surface area contributed by atoms with Crippen LogP contribution in [0.4, 0.5) is 16.2 Å². The zero-order valence-corrected chi connectivity index (χ0v) is 46.3. The number of alkyl carbamates (subject to hydrolysis) is 1. The molecule has 7 N–H and O–H groups in total. The second-order valence-electron chi connectivity index (χ2n) is 21.0. The number of aryl methyl sites for hydroxylation is 2. The maximum atomic E-state index is 13.6. The molecule has 0 radical (unpaired) electrons. The highest BCUT2D eigenvalue weighted by Crippen LogP contribution is 2.34. The van der Waals surface area contributed by atoms with Crippen LogP contribution in [0.25, 0.3) is 11.4 Å². The number of rotatable bonds is 17. The molecule has 2 aliphatic carbocycles. The van der Waals surface area contributed by atoms with Crippen LogP contribution in [-0.2, 0) is 27.4 Å². The molecule has 0 spiro atoms. The quantitative estimate of drug-likeness (QED) is 0.0511. The molecule has 2 aliphatic rings. The minimum absolute atomic E-state index is 0. The minimum Gasteiger partial charge on any atom is -0.444 e. The molecule has 5 amide bonds. The predicted molar refractivity (Wildman–Crippen MR) is 312 cm³/mol. The Balaban J connectivity index is 0.000000211. The van der Waals surface area contributed by atoms with Gasteiger partial charge in [0.25, 0.3) is 11.8 Å². The number of nitrogens with zero attached hydrogens (tertiary/aromatic N) is 4. The van der Waals surface area contributed by atoms with Crippen LogP contribution in [-0.4, -0.2) is 54.9 Å². The van der Waals surface area contributed by atoms with Gasteiger partial charge in [-0.3, -0.25) is 19.2 Å². The molecule has 8 aromatic rings. The topological polar surface area (TPSA) is 216 Å². The van der Waals surface area contributed by atoms with Crippen molar-refractivity contribution in [1.82, 2.24) is 35.5 Å². The van der Waals surface area contributed by atoms with Gasteiger partial charge in [0.2, 0.25) is 11.8 Å². The summed E-state index contributed by atoms with van der Waals surface area (Å²) in [5.74, 6) is -0.314. The third-order valence-electron chi connectivity index (χ3n) is 13.2. The van der Waals surface area contributed by atoms with Gasteiger partial charge in [-0.05, 0) is 154 Å². The molecule has 17 heteroatoms. The molecule has 16 nitrogen and oxygen atoms in total. The van der Waals surface area contributed by atoms with Crippen molar-refractivity contribution in [3.8, 4) is 11.4 Å². The summed E-state index contributed by atoms with van der Waals surface area (Å²) in [4.78, 5) is 64.4. The highest BCUT2D eigenvalue weighted by Gasteiger charge is 2.33. The van der Waals surface area contributed by atoms with Crippen LogP contribution in [0.1, 0.15) is 124 Å². The normalized spacial score (nSPS) is 13.5. The van der Waals surface area contributed by atoms with Crippen molar-refractivity contribution < 1.29 is 28.7 Å². The zero-order chi connectivity index (χ0) is 55.6. The summed E-state index contributed by atoms with van der Waals surface area (Å²) >= 11 is 0. The molecular weight excluding hydrogens is 1030 g/mol. The lowest BCUT2D eigenvalue weighted by Gasteiger charge is -2.21. The van der Waals surface area contributed by atoms with Gasteiger partial charge in [-0.1, -0.05) is 109 Å². The van der Waals surface area contributed by atoms with E-state index in [0.717, 1.165) is 70.4 Å². The lowest BCUT2D eigenvalue weighted by Crippen LogP contribution is -2.32. The average molecular weight is 1100 g/mol. The van der Waals surface area contributed by atoms with Crippen molar-refractivity contribution in [2.75, 3.05) is 10.6 Å². The number of nitrogens with two attached hydrogens (primary N) is 1. The maximum absolute atomic E-state index is 13.6. The Morgan fingerprint density at radius 3 is 1.39 bits per heavy atom. The van der Waals surface area contributed by atoms with E-state index < -0.39 is 11.7 Å². The first-order valence-electron chi connectivity index (χ1n) is 26.6. The molecular formula is C63H67ClN10O6. The fourth-order valence-corrected chi connectivity index (χ4v) is 9.02. The van der Waals surface area contributed by atoms with Crippen molar-refractivity contribution in [2.45, 2.75) is 91.1 Å². The van der Waals surface area contributed by atoms with E-state index >= 15 is 0 Å². The van der Waals surface area contributed by atoms with Gasteiger partial charge in [-0.25, -0.2) is 14.2 Å². The van der Waals surface area contributed by atoms with Gasteiger partial charge < -0.3 is 37.1 Å². The molecule has 0 saturated heterocycles. The zero-order valence-electron chi connectivity index (χ0n) is 45.4. The van der Waals surface area contributed by atoms with Crippen molar-refractivity contribution in [3.05, 3.63) is 226 Å². The van der Waals surface area contributed by atoms with E-state index in [0.29, 0.717) is 40.7 Å². The summed E-state index contributed by atoms with van der Waals surface area (Å²) in [6.07, 6.45) is 3.20. The SMILES string of the molecule is Cc1cc(C(=O)Nc2cccc(C(NC(=O)C3CC3)c3ccccc3)c2)n(-c2cccc(CN)c2)n1.Cc1cc(C(=O)Nc2cccc(C(NC(=O)C3CC3)c3ccccc3)c2)n(-c2cccc(CNC(=O)OC(C)(C)C)c2)n1.Cl. The number of amides is 5. The first kappa shape index (κ1) is 57.3.